The van der Waals surface area contributed by atoms with Crippen molar-refractivity contribution in [2.24, 2.45) is 5.92 Å². The second-order valence-corrected chi connectivity index (χ2v) is 7.07. The Labute approximate surface area is 138 Å². The number of hydrogen-bond donors (Lipinski definition) is 1. The number of aromatic nitrogens is 1. The van der Waals surface area contributed by atoms with Crippen LogP contribution in [0.15, 0.2) is 41.4 Å². The van der Waals surface area contributed by atoms with E-state index < -0.39 is 10.8 Å². The van der Waals surface area contributed by atoms with Gasteiger partial charge in [-0.1, -0.05) is 0 Å². The van der Waals surface area contributed by atoms with Gasteiger partial charge < -0.3 is 15.2 Å². The van der Waals surface area contributed by atoms with Crippen molar-refractivity contribution in [1.29, 1.82) is 0 Å². The highest BCUT2D eigenvalue weighted by Crippen LogP contribution is 2.29. The molecule has 0 bridgehead atoms. The lowest BCUT2D eigenvalue weighted by Gasteiger charge is -2.13. The van der Waals surface area contributed by atoms with Crippen LogP contribution < -0.4 is 10.5 Å². The Hall–Kier alpha value is -1.92. The van der Waals surface area contributed by atoms with Crippen LogP contribution >= 0.6 is 0 Å². The van der Waals surface area contributed by atoms with Crippen LogP contribution in [0.3, 0.4) is 0 Å². The molecule has 0 aliphatic carbocycles. The smallest absolute Gasteiger partial charge is 0.222 e. The number of pyridine rings is 1. The molecule has 6 heteroatoms. The number of nitrogens with two attached hydrogens (primary N) is 1. The Kier molecular flexibility index (Phi) is 4.93. The molecule has 122 valence electrons. The normalized spacial score (nSPS) is 18.7. The van der Waals surface area contributed by atoms with Gasteiger partial charge in [-0.2, -0.15) is 0 Å². The average molecular weight is 332 g/mol. The summed E-state index contributed by atoms with van der Waals surface area (Å²) in [5.41, 5.74) is 7.48. The molecule has 2 atom stereocenters. The Balaban J connectivity index is 1.79. The lowest BCUT2D eigenvalue weighted by molar-refractivity contribution is 0.185. The first kappa shape index (κ1) is 16.0. The van der Waals surface area contributed by atoms with E-state index in [0.717, 1.165) is 36.5 Å². The van der Waals surface area contributed by atoms with Crippen LogP contribution in [0, 0.1) is 5.92 Å². The van der Waals surface area contributed by atoms with Crippen LogP contribution in [0.2, 0.25) is 0 Å². The molecule has 0 amide bonds. The summed E-state index contributed by atoms with van der Waals surface area (Å²) in [6.45, 7) is 1.58. The first-order valence-electron chi connectivity index (χ1n) is 7.55. The molecule has 0 spiro atoms. The number of anilines is 1. The van der Waals surface area contributed by atoms with Gasteiger partial charge in [-0.15, -0.1) is 0 Å². The molecule has 2 N–H and O–H groups in total. The first-order chi connectivity index (χ1) is 11.1. The van der Waals surface area contributed by atoms with Gasteiger partial charge >= 0.3 is 0 Å². The third-order valence-corrected chi connectivity index (χ3v) is 4.79. The standard InChI is InChI=1S/C17H20N2O3S/c1-23(20)16-4-2-15(3-5-16)22-17-13(9-14(18)10-19-17)8-12-6-7-21-11-12/h2-5,9-10,12H,6-8,11,18H2,1H3. The predicted octanol–water partition coefficient (Wildman–Crippen LogP) is 2.77. The molecule has 1 aliphatic rings. The maximum Gasteiger partial charge on any atom is 0.222 e. The van der Waals surface area contributed by atoms with Gasteiger partial charge in [0.05, 0.1) is 11.9 Å². The number of rotatable bonds is 5. The molecule has 2 aromatic rings. The highest BCUT2D eigenvalue weighted by molar-refractivity contribution is 7.84. The van der Waals surface area contributed by atoms with E-state index >= 15 is 0 Å². The minimum Gasteiger partial charge on any atom is -0.439 e. The zero-order valence-corrected chi connectivity index (χ0v) is 13.8. The summed E-state index contributed by atoms with van der Waals surface area (Å²) in [6.07, 6.45) is 5.13. The summed E-state index contributed by atoms with van der Waals surface area (Å²) in [5.74, 6) is 1.71. The second-order valence-electron chi connectivity index (χ2n) is 5.69. The van der Waals surface area contributed by atoms with Gasteiger partial charge in [0.25, 0.3) is 0 Å². The predicted molar refractivity (Wildman–Crippen MR) is 90.1 cm³/mol. The maximum atomic E-state index is 11.4. The number of hydrogen-bond acceptors (Lipinski definition) is 5. The Bertz CT molecular complexity index is 697. The fourth-order valence-corrected chi connectivity index (χ4v) is 3.14. The van der Waals surface area contributed by atoms with Crippen LogP contribution in [0.4, 0.5) is 5.69 Å². The van der Waals surface area contributed by atoms with Crippen molar-refractivity contribution in [1.82, 2.24) is 4.98 Å². The van der Waals surface area contributed by atoms with Crippen LogP contribution in [-0.4, -0.2) is 28.7 Å². The van der Waals surface area contributed by atoms with E-state index in [1.807, 2.05) is 6.07 Å². The average Bonchev–Trinajstić information content (AvgIpc) is 3.03. The molecule has 3 rings (SSSR count). The van der Waals surface area contributed by atoms with Crippen LogP contribution in [0.1, 0.15) is 12.0 Å². The van der Waals surface area contributed by atoms with Crippen molar-refractivity contribution in [3.63, 3.8) is 0 Å². The number of nitrogen functional groups attached to an aromatic ring is 1. The largest absolute Gasteiger partial charge is 0.439 e. The topological polar surface area (TPSA) is 74.4 Å². The van der Waals surface area contributed by atoms with Crippen molar-refractivity contribution in [3.8, 4) is 11.6 Å². The fourth-order valence-electron chi connectivity index (χ4n) is 2.62. The zero-order chi connectivity index (χ0) is 16.2. The number of benzene rings is 1. The quantitative estimate of drug-likeness (QED) is 0.911. The summed E-state index contributed by atoms with van der Waals surface area (Å²) in [5, 5.41) is 0. The summed E-state index contributed by atoms with van der Waals surface area (Å²) >= 11 is 0. The van der Waals surface area contributed by atoms with Gasteiger partial charge in [-0.25, -0.2) is 4.98 Å². The highest BCUT2D eigenvalue weighted by Gasteiger charge is 2.19. The summed E-state index contributed by atoms with van der Waals surface area (Å²) in [6, 6.07) is 9.12. The molecule has 1 aromatic heterocycles. The second kappa shape index (κ2) is 7.10. The molecule has 0 saturated carbocycles. The van der Waals surface area contributed by atoms with Crippen molar-refractivity contribution < 1.29 is 13.7 Å². The van der Waals surface area contributed by atoms with E-state index in [1.54, 1.807) is 36.7 Å². The van der Waals surface area contributed by atoms with Gasteiger partial charge in [-0.05, 0) is 49.1 Å². The Morgan fingerprint density at radius 1 is 1.39 bits per heavy atom. The Morgan fingerprint density at radius 3 is 2.83 bits per heavy atom. The van der Waals surface area contributed by atoms with E-state index in [0.29, 0.717) is 23.2 Å². The van der Waals surface area contributed by atoms with E-state index in [-0.39, 0.29) is 0 Å². The molecule has 23 heavy (non-hydrogen) atoms. The minimum atomic E-state index is -0.996. The minimum absolute atomic E-state index is 0.478. The van der Waals surface area contributed by atoms with Crippen molar-refractivity contribution in [3.05, 3.63) is 42.1 Å². The van der Waals surface area contributed by atoms with Crippen molar-refractivity contribution in [2.75, 3.05) is 25.2 Å². The van der Waals surface area contributed by atoms with Gasteiger partial charge in [0.15, 0.2) is 0 Å². The van der Waals surface area contributed by atoms with Gasteiger partial charge in [-0.3, -0.25) is 4.21 Å². The van der Waals surface area contributed by atoms with E-state index in [2.05, 4.69) is 4.98 Å². The van der Waals surface area contributed by atoms with Gasteiger partial charge in [0.2, 0.25) is 5.88 Å². The van der Waals surface area contributed by atoms with Crippen molar-refractivity contribution >= 4 is 16.5 Å². The number of nitrogens with zero attached hydrogens (tertiary/aromatic N) is 1. The lowest BCUT2D eigenvalue weighted by Crippen LogP contribution is -2.06. The third kappa shape index (κ3) is 4.09. The first-order valence-corrected chi connectivity index (χ1v) is 9.11. The number of ether oxygens (including phenoxy) is 2. The molecule has 0 radical (unpaired) electrons. The van der Waals surface area contributed by atoms with E-state index in [4.69, 9.17) is 15.2 Å². The van der Waals surface area contributed by atoms with Gasteiger partial charge in [0, 0.05) is 40.7 Å². The van der Waals surface area contributed by atoms with Gasteiger partial charge in [0.1, 0.15) is 5.75 Å². The van der Waals surface area contributed by atoms with Crippen LogP contribution in [-0.2, 0) is 22.0 Å². The fraction of sp³-hybridized carbons (Fsp3) is 0.353. The van der Waals surface area contributed by atoms with E-state index in [9.17, 15) is 4.21 Å². The molecule has 2 heterocycles. The molecular formula is C17H20N2O3S. The van der Waals surface area contributed by atoms with Crippen LogP contribution in [0.5, 0.6) is 11.6 Å². The molecular weight excluding hydrogens is 312 g/mol. The highest BCUT2D eigenvalue weighted by atomic mass is 32.2. The lowest BCUT2D eigenvalue weighted by atomic mass is 9.99. The molecule has 5 nitrogen and oxygen atoms in total. The maximum absolute atomic E-state index is 11.4. The summed E-state index contributed by atoms with van der Waals surface area (Å²) < 4.78 is 22.8. The third-order valence-electron chi connectivity index (χ3n) is 3.85. The van der Waals surface area contributed by atoms with Crippen molar-refractivity contribution in [2.45, 2.75) is 17.7 Å². The molecule has 1 fully saturated rings. The Morgan fingerprint density at radius 2 is 2.17 bits per heavy atom. The monoisotopic (exact) mass is 332 g/mol. The molecule has 2 unspecified atom stereocenters. The molecule has 1 saturated heterocycles. The van der Waals surface area contributed by atoms with Crippen LogP contribution in [0.25, 0.3) is 0 Å². The molecule has 1 aliphatic heterocycles. The summed E-state index contributed by atoms with van der Waals surface area (Å²) in [4.78, 5) is 5.09. The van der Waals surface area contributed by atoms with E-state index in [1.165, 1.54) is 0 Å². The molecule has 1 aromatic carbocycles. The zero-order valence-electron chi connectivity index (χ0n) is 13.0. The SMILES string of the molecule is CS(=O)c1ccc(Oc2ncc(N)cc2CC2CCOC2)cc1. The summed E-state index contributed by atoms with van der Waals surface area (Å²) in [7, 11) is -0.996.